The molecule has 0 aliphatic rings. The van der Waals surface area contributed by atoms with Gasteiger partial charge in [0.15, 0.2) is 23.1 Å². The number of hydrogen-bond acceptors (Lipinski definition) is 5. The molecule has 0 spiro atoms. The molecule has 0 saturated carbocycles. The van der Waals surface area contributed by atoms with E-state index in [-0.39, 0.29) is 28.7 Å². The van der Waals surface area contributed by atoms with Crippen LogP contribution in [0.25, 0.3) is 21.9 Å². The molecule has 1 aromatic carbocycles. The first kappa shape index (κ1) is 16.7. The van der Waals surface area contributed by atoms with E-state index < -0.39 is 34.2 Å². The fourth-order valence-electron chi connectivity index (χ4n) is 2.42. The standard InChI is InChI=1S/C16H11F3N2O4/c1-3-25-16(23)9-6-21(24-2)15-8(14(9)22)4-7-11(20-15)5-10(17)13(19)12(7)18/h4-6H,3H2,1-2H3. The van der Waals surface area contributed by atoms with Gasteiger partial charge in [0.05, 0.1) is 23.7 Å². The predicted octanol–water partition coefficient (Wildman–Crippen LogP) is 2.20. The number of aromatic nitrogens is 2. The molecule has 0 atom stereocenters. The second-order valence-electron chi connectivity index (χ2n) is 5.01. The van der Waals surface area contributed by atoms with E-state index in [4.69, 9.17) is 9.57 Å². The summed E-state index contributed by atoms with van der Waals surface area (Å²) in [6.07, 6.45) is 1.07. The normalized spacial score (nSPS) is 11.1. The van der Waals surface area contributed by atoms with Gasteiger partial charge in [0.2, 0.25) is 5.43 Å². The molecule has 0 aliphatic carbocycles. The summed E-state index contributed by atoms with van der Waals surface area (Å²) in [6, 6.07) is 1.70. The summed E-state index contributed by atoms with van der Waals surface area (Å²) in [7, 11) is 1.25. The highest BCUT2D eigenvalue weighted by atomic mass is 19.2. The average Bonchev–Trinajstić information content (AvgIpc) is 2.59. The van der Waals surface area contributed by atoms with Gasteiger partial charge in [0.25, 0.3) is 0 Å². The van der Waals surface area contributed by atoms with Crippen LogP contribution in [0.15, 0.2) is 23.1 Å². The summed E-state index contributed by atoms with van der Waals surface area (Å²) < 4.78 is 46.6. The molecule has 6 nitrogen and oxygen atoms in total. The Bertz CT molecular complexity index is 1080. The van der Waals surface area contributed by atoms with Crippen molar-refractivity contribution >= 4 is 27.9 Å². The second-order valence-corrected chi connectivity index (χ2v) is 5.01. The maximum atomic E-state index is 14.0. The van der Waals surface area contributed by atoms with Crippen molar-refractivity contribution in [2.24, 2.45) is 0 Å². The van der Waals surface area contributed by atoms with Crippen LogP contribution in [0.1, 0.15) is 17.3 Å². The van der Waals surface area contributed by atoms with E-state index in [1.165, 1.54) is 7.11 Å². The minimum Gasteiger partial charge on any atom is -0.462 e. The summed E-state index contributed by atoms with van der Waals surface area (Å²) in [5.41, 5.74) is -1.45. The lowest BCUT2D eigenvalue weighted by Crippen LogP contribution is -2.23. The van der Waals surface area contributed by atoms with E-state index in [2.05, 4.69) is 4.98 Å². The van der Waals surface area contributed by atoms with E-state index in [9.17, 15) is 22.8 Å². The number of esters is 1. The summed E-state index contributed by atoms with van der Waals surface area (Å²) in [5.74, 6) is -5.46. The Morgan fingerprint density at radius 3 is 2.56 bits per heavy atom. The molecule has 9 heteroatoms. The molecule has 25 heavy (non-hydrogen) atoms. The van der Waals surface area contributed by atoms with Gasteiger partial charge >= 0.3 is 5.97 Å². The molecule has 0 unspecified atom stereocenters. The molecule has 0 saturated heterocycles. The number of pyridine rings is 2. The Balaban J connectivity index is 2.45. The Morgan fingerprint density at radius 2 is 1.92 bits per heavy atom. The van der Waals surface area contributed by atoms with Gasteiger partial charge in [-0.3, -0.25) is 4.79 Å². The van der Waals surface area contributed by atoms with Crippen LogP contribution >= 0.6 is 0 Å². The fraction of sp³-hybridized carbons (Fsp3) is 0.188. The Morgan fingerprint density at radius 1 is 1.20 bits per heavy atom. The van der Waals surface area contributed by atoms with Gasteiger partial charge in [-0.15, -0.1) is 0 Å². The zero-order chi connectivity index (χ0) is 18.3. The third kappa shape index (κ3) is 2.57. The number of carbonyl (C=O) groups is 1. The van der Waals surface area contributed by atoms with Gasteiger partial charge in [0, 0.05) is 11.5 Å². The molecule has 0 bridgehead atoms. The van der Waals surface area contributed by atoms with Crippen molar-refractivity contribution in [2.75, 3.05) is 13.7 Å². The van der Waals surface area contributed by atoms with Crippen molar-refractivity contribution in [1.82, 2.24) is 9.71 Å². The minimum absolute atomic E-state index is 0.0401. The molecule has 130 valence electrons. The van der Waals surface area contributed by atoms with Gasteiger partial charge < -0.3 is 9.57 Å². The van der Waals surface area contributed by atoms with E-state index in [1.54, 1.807) is 6.92 Å². The maximum absolute atomic E-state index is 14.0. The van der Waals surface area contributed by atoms with Crippen molar-refractivity contribution in [3.8, 4) is 0 Å². The summed E-state index contributed by atoms with van der Waals surface area (Å²) >= 11 is 0. The summed E-state index contributed by atoms with van der Waals surface area (Å²) in [6.45, 7) is 1.61. The molecule has 0 amide bonds. The van der Waals surface area contributed by atoms with Gasteiger partial charge in [-0.2, -0.15) is 4.73 Å². The zero-order valence-corrected chi connectivity index (χ0v) is 13.1. The van der Waals surface area contributed by atoms with Crippen LogP contribution in [0.5, 0.6) is 0 Å². The highest BCUT2D eigenvalue weighted by Crippen LogP contribution is 2.24. The maximum Gasteiger partial charge on any atom is 0.343 e. The minimum atomic E-state index is -1.68. The van der Waals surface area contributed by atoms with Crippen LogP contribution in [0.3, 0.4) is 0 Å². The monoisotopic (exact) mass is 352 g/mol. The molecule has 0 radical (unpaired) electrons. The number of halogens is 3. The van der Waals surface area contributed by atoms with Crippen molar-refractivity contribution in [3.63, 3.8) is 0 Å². The lowest BCUT2D eigenvalue weighted by Gasteiger charge is -2.11. The Labute approximate surface area is 138 Å². The molecule has 2 heterocycles. The fourth-order valence-corrected chi connectivity index (χ4v) is 2.42. The molecule has 0 aliphatic heterocycles. The van der Waals surface area contributed by atoms with Gasteiger partial charge in [0.1, 0.15) is 12.7 Å². The molecular formula is C16H11F3N2O4. The average molecular weight is 352 g/mol. The topological polar surface area (TPSA) is 70.4 Å². The third-order valence-corrected chi connectivity index (χ3v) is 3.57. The molecule has 3 rings (SSSR count). The van der Waals surface area contributed by atoms with Gasteiger partial charge in [-0.05, 0) is 13.0 Å². The highest BCUT2D eigenvalue weighted by Gasteiger charge is 2.21. The van der Waals surface area contributed by atoms with Crippen molar-refractivity contribution in [3.05, 3.63) is 51.6 Å². The first-order valence-electron chi connectivity index (χ1n) is 7.14. The summed E-state index contributed by atoms with van der Waals surface area (Å²) in [4.78, 5) is 33.4. The lowest BCUT2D eigenvalue weighted by molar-refractivity contribution is 0.0520. The Hall–Kier alpha value is -3.10. The second kappa shape index (κ2) is 6.08. The number of carbonyl (C=O) groups excluding carboxylic acids is 1. The van der Waals surface area contributed by atoms with Crippen molar-refractivity contribution in [1.29, 1.82) is 0 Å². The van der Waals surface area contributed by atoms with Crippen LogP contribution in [-0.4, -0.2) is 29.4 Å². The van der Waals surface area contributed by atoms with E-state index in [0.29, 0.717) is 6.07 Å². The van der Waals surface area contributed by atoms with Crippen LogP contribution in [0.2, 0.25) is 0 Å². The van der Waals surface area contributed by atoms with Crippen LogP contribution in [-0.2, 0) is 4.74 Å². The first-order valence-corrected chi connectivity index (χ1v) is 7.14. The quantitative estimate of drug-likeness (QED) is 0.411. The third-order valence-electron chi connectivity index (χ3n) is 3.57. The predicted molar refractivity (Wildman–Crippen MR) is 81.8 cm³/mol. The van der Waals surface area contributed by atoms with Crippen LogP contribution in [0, 0.1) is 17.5 Å². The number of hydrogen-bond donors (Lipinski definition) is 0. The highest BCUT2D eigenvalue weighted by molar-refractivity contribution is 5.96. The Kier molecular flexibility index (Phi) is 4.07. The van der Waals surface area contributed by atoms with Gasteiger partial charge in [-0.25, -0.2) is 22.9 Å². The largest absolute Gasteiger partial charge is 0.462 e. The van der Waals surface area contributed by atoms with E-state index >= 15 is 0 Å². The summed E-state index contributed by atoms with van der Waals surface area (Å²) in [5, 5.41) is -0.600. The first-order chi connectivity index (χ1) is 11.9. The van der Waals surface area contributed by atoms with E-state index in [0.717, 1.165) is 17.0 Å². The van der Waals surface area contributed by atoms with E-state index in [1.807, 2.05) is 0 Å². The lowest BCUT2D eigenvalue weighted by atomic mass is 10.1. The van der Waals surface area contributed by atoms with Crippen LogP contribution in [0.4, 0.5) is 13.2 Å². The number of ether oxygens (including phenoxy) is 1. The molecule has 2 aromatic heterocycles. The molecular weight excluding hydrogens is 341 g/mol. The number of rotatable bonds is 3. The number of nitrogens with zero attached hydrogens (tertiary/aromatic N) is 2. The molecule has 0 N–H and O–H groups in total. The molecule has 3 aromatic rings. The number of fused-ring (bicyclic) bond motifs is 2. The zero-order valence-electron chi connectivity index (χ0n) is 13.1. The van der Waals surface area contributed by atoms with Gasteiger partial charge in [-0.1, -0.05) is 0 Å². The SMILES string of the molecule is CCOC(=O)c1cn(OC)c2nc3cc(F)c(F)c(F)c3cc2c1=O. The van der Waals surface area contributed by atoms with Crippen molar-refractivity contribution in [2.45, 2.75) is 6.92 Å². The number of benzene rings is 1. The van der Waals surface area contributed by atoms with Crippen molar-refractivity contribution < 1.29 is 27.5 Å². The smallest absolute Gasteiger partial charge is 0.343 e. The van der Waals surface area contributed by atoms with Crippen LogP contribution < -0.4 is 10.3 Å². The molecule has 0 fully saturated rings.